The van der Waals surface area contributed by atoms with Crippen LogP contribution >= 0.6 is 11.6 Å². The fourth-order valence-electron chi connectivity index (χ4n) is 0.363. The average Bonchev–Trinajstić information content (AvgIpc) is 1.87. The molecule has 0 saturated carbocycles. The molecule has 0 saturated heterocycles. The second-order valence-electron chi connectivity index (χ2n) is 1.88. The van der Waals surface area contributed by atoms with E-state index in [1.54, 1.807) is 0 Å². The summed E-state index contributed by atoms with van der Waals surface area (Å²) >= 11 is 5.15. The molecule has 0 aromatic rings. The molecule has 0 aliphatic heterocycles. The minimum absolute atomic E-state index is 0.0243. The second-order valence-corrected chi connectivity index (χ2v) is 2.10. The molecule has 1 unspecified atom stereocenters. The minimum atomic E-state index is -0.215. The molecule has 0 rings (SSSR count). The van der Waals surface area contributed by atoms with E-state index in [4.69, 9.17) is 11.6 Å². The van der Waals surface area contributed by atoms with E-state index in [0.717, 1.165) is 6.42 Å². The monoisotopic (exact) mass is 150 g/mol. The van der Waals surface area contributed by atoms with Crippen molar-refractivity contribution in [3.63, 3.8) is 0 Å². The molecular formula is C6H11ClO2. The van der Waals surface area contributed by atoms with E-state index in [1.807, 2.05) is 13.8 Å². The third kappa shape index (κ3) is 3.36. The molecule has 0 aliphatic carbocycles. The van der Waals surface area contributed by atoms with Crippen LogP contribution in [0.3, 0.4) is 0 Å². The van der Waals surface area contributed by atoms with E-state index >= 15 is 0 Å². The van der Waals surface area contributed by atoms with Gasteiger partial charge in [-0.15, -0.1) is 0 Å². The van der Waals surface area contributed by atoms with Crippen LogP contribution in [0.4, 0.5) is 0 Å². The van der Waals surface area contributed by atoms with Gasteiger partial charge in [0.05, 0.1) is 5.92 Å². The summed E-state index contributed by atoms with van der Waals surface area (Å²) in [6.07, 6.45) is 0.801. The fourth-order valence-corrected chi connectivity index (χ4v) is 0.470. The molecule has 0 N–H and O–H groups in total. The van der Waals surface area contributed by atoms with Gasteiger partial charge >= 0.3 is 5.97 Å². The van der Waals surface area contributed by atoms with Gasteiger partial charge in [-0.05, 0) is 6.42 Å². The number of carbonyl (C=O) groups excluding carboxylic acids is 1. The van der Waals surface area contributed by atoms with Gasteiger partial charge in [0, 0.05) is 0 Å². The third-order valence-corrected chi connectivity index (χ3v) is 1.32. The highest BCUT2D eigenvalue weighted by Gasteiger charge is 2.09. The van der Waals surface area contributed by atoms with Crippen molar-refractivity contribution >= 4 is 17.6 Å². The summed E-state index contributed by atoms with van der Waals surface area (Å²) in [5.41, 5.74) is 0. The van der Waals surface area contributed by atoms with E-state index in [9.17, 15) is 4.79 Å². The highest BCUT2D eigenvalue weighted by Crippen LogP contribution is 2.02. The smallest absolute Gasteiger partial charge is 0.309 e. The van der Waals surface area contributed by atoms with Crippen molar-refractivity contribution in [3.05, 3.63) is 0 Å². The van der Waals surface area contributed by atoms with Gasteiger partial charge in [-0.2, -0.15) is 0 Å². The lowest BCUT2D eigenvalue weighted by Crippen LogP contribution is -2.12. The number of rotatable bonds is 3. The molecule has 0 radical (unpaired) electrons. The number of ether oxygens (including phenoxy) is 1. The average molecular weight is 151 g/mol. The number of hydrogen-bond donors (Lipinski definition) is 0. The Bertz CT molecular complexity index is 93.1. The van der Waals surface area contributed by atoms with Gasteiger partial charge in [0.1, 0.15) is 0 Å². The van der Waals surface area contributed by atoms with Crippen LogP contribution in [0.25, 0.3) is 0 Å². The topological polar surface area (TPSA) is 26.3 Å². The molecule has 0 bridgehead atoms. The Labute approximate surface area is 60.1 Å². The standard InChI is InChI=1S/C6H11ClO2/c1-3-5(2)6(8)9-4-7/h5H,3-4H2,1-2H3. The van der Waals surface area contributed by atoms with Gasteiger partial charge in [0.2, 0.25) is 0 Å². The summed E-state index contributed by atoms with van der Waals surface area (Å²) in [5.74, 6) is -0.240. The van der Waals surface area contributed by atoms with Crippen LogP contribution in [-0.2, 0) is 9.53 Å². The van der Waals surface area contributed by atoms with Crippen LogP contribution in [-0.4, -0.2) is 12.0 Å². The third-order valence-electron chi connectivity index (χ3n) is 1.21. The summed E-state index contributed by atoms with van der Waals surface area (Å²) in [4.78, 5) is 10.7. The molecule has 3 heteroatoms. The van der Waals surface area contributed by atoms with Gasteiger partial charge in [-0.25, -0.2) is 0 Å². The van der Waals surface area contributed by atoms with Crippen LogP contribution < -0.4 is 0 Å². The first-order valence-electron chi connectivity index (χ1n) is 2.95. The maximum absolute atomic E-state index is 10.7. The Morgan fingerprint density at radius 3 is 2.67 bits per heavy atom. The Balaban J connectivity index is 3.46. The lowest BCUT2D eigenvalue weighted by atomic mass is 10.1. The quantitative estimate of drug-likeness (QED) is 0.453. The molecule has 0 amide bonds. The summed E-state index contributed by atoms with van der Waals surface area (Å²) in [6.45, 7) is 3.75. The van der Waals surface area contributed by atoms with Gasteiger partial charge in [-0.3, -0.25) is 4.79 Å². The number of halogens is 1. The van der Waals surface area contributed by atoms with E-state index in [-0.39, 0.29) is 18.0 Å². The van der Waals surface area contributed by atoms with Crippen molar-refractivity contribution in [2.75, 3.05) is 6.07 Å². The SMILES string of the molecule is CCC(C)C(=O)OCCl. The highest BCUT2D eigenvalue weighted by molar-refractivity contribution is 6.17. The first-order valence-corrected chi connectivity index (χ1v) is 3.48. The lowest BCUT2D eigenvalue weighted by molar-refractivity contribution is -0.145. The number of alkyl halides is 1. The van der Waals surface area contributed by atoms with E-state index < -0.39 is 0 Å². The predicted molar refractivity (Wildman–Crippen MR) is 36.3 cm³/mol. The summed E-state index contributed by atoms with van der Waals surface area (Å²) in [6, 6.07) is -0.0385. The molecule has 0 aromatic carbocycles. The molecule has 0 aliphatic rings. The molecule has 0 spiro atoms. The molecule has 1 atom stereocenters. The normalized spacial score (nSPS) is 12.8. The molecule has 54 valence electrons. The van der Waals surface area contributed by atoms with Crippen LogP contribution in [0.5, 0.6) is 0 Å². The van der Waals surface area contributed by atoms with Crippen LogP contribution in [0.1, 0.15) is 20.3 Å². The molecular weight excluding hydrogens is 140 g/mol. The summed E-state index contributed by atoms with van der Waals surface area (Å²) in [7, 11) is 0. The van der Waals surface area contributed by atoms with Gasteiger partial charge in [0.25, 0.3) is 0 Å². The first kappa shape index (κ1) is 8.76. The van der Waals surface area contributed by atoms with Crippen molar-refractivity contribution in [3.8, 4) is 0 Å². The zero-order valence-electron chi connectivity index (χ0n) is 5.69. The largest absolute Gasteiger partial charge is 0.449 e. The summed E-state index contributed by atoms with van der Waals surface area (Å²) in [5, 5.41) is 0. The molecule has 0 heterocycles. The van der Waals surface area contributed by atoms with Crippen LogP contribution in [0.2, 0.25) is 0 Å². The zero-order chi connectivity index (χ0) is 7.28. The first-order chi connectivity index (χ1) is 4.22. The molecule has 9 heavy (non-hydrogen) atoms. The molecule has 0 fully saturated rings. The second kappa shape index (κ2) is 4.62. The van der Waals surface area contributed by atoms with Crippen molar-refractivity contribution in [2.24, 2.45) is 5.92 Å². The Morgan fingerprint density at radius 2 is 2.33 bits per heavy atom. The highest BCUT2D eigenvalue weighted by atomic mass is 35.5. The van der Waals surface area contributed by atoms with Crippen molar-refractivity contribution in [2.45, 2.75) is 20.3 Å². The van der Waals surface area contributed by atoms with Crippen molar-refractivity contribution < 1.29 is 9.53 Å². The number of carbonyl (C=O) groups is 1. The van der Waals surface area contributed by atoms with Crippen LogP contribution in [0.15, 0.2) is 0 Å². The van der Waals surface area contributed by atoms with E-state index in [0.29, 0.717) is 0 Å². The van der Waals surface area contributed by atoms with E-state index in [1.165, 1.54) is 0 Å². The van der Waals surface area contributed by atoms with Crippen LogP contribution in [0, 0.1) is 5.92 Å². The van der Waals surface area contributed by atoms with Crippen molar-refractivity contribution in [1.82, 2.24) is 0 Å². The van der Waals surface area contributed by atoms with Gasteiger partial charge < -0.3 is 4.74 Å². The van der Waals surface area contributed by atoms with E-state index in [2.05, 4.69) is 4.74 Å². The maximum atomic E-state index is 10.7. The maximum Gasteiger partial charge on any atom is 0.309 e. The predicted octanol–water partition coefficient (Wildman–Crippen LogP) is 1.77. The van der Waals surface area contributed by atoms with Crippen molar-refractivity contribution in [1.29, 1.82) is 0 Å². The Morgan fingerprint density at radius 1 is 1.78 bits per heavy atom. The number of esters is 1. The zero-order valence-corrected chi connectivity index (χ0v) is 6.44. The summed E-state index contributed by atoms with van der Waals surface area (Å²) < 4.78 is 4.52. The molecule has 0 aromatic heterocycles. The molecule has 2 nitrogen and oxygen atoms in total. The Kier molecular flexibility index (Phi) is 4.50. The minimum Gasteiger partial charge on any atom is -0.449 e. The van der Waals surface area contributed by atoms with Gasteiger partial charge in [-0.1, -0.05) is 25.4 Å². The lowest BCUT2D eigenvalue weighted by Gasteiger charge is -2.04. The number of hydrogen-bond acceptors (Lipinski definition) is 2. The Hall–Kier alpha value is -0.240. The van der Waals surface area contributed by atoms with Gasteiger partial charge in [0.15, 0.2) is 6.07 Å². The fraction of sp³-hybridized carbons (Fsp3) is 0.833.